The summed E-state index contributed by atoms with van der Waals surface area (Å²) in [4.78, 5) is 24.7. The number of carbonyl (C=O) groups is 2. The molecule has 0 aliphatic heterocycles. The molecule has 0 heterocycles. The summed E-state index contributed by atoms with van der Waals surface area (Å²) >= 11 is 0. The highest BCUT2D eigenvalue weighted by molar-refractivity contribution is 7.92. The van der Waals surface area contributed by atoms with Crippen molar-refractivity contribution in [2.24, 2.45) is 0 Å². The highest BCUT2D eigenvalue weighted by Gasteiger charge is 2.22. The van der Waals surface area contributed by atoms with E-state index in [2.05, 4.69) is 10.0 Å². The minimum atomic E-state index is -4.06. The highest BCUT2D eigenvalue weighted by Crippen LogP contribution is 2.19. The fourth-order valence-corrected chi connectivity index (χ4v) is 4.33. The average molecular weight is 499 g/mol. The molecule has 0 saturated carbocycles. The van der Waals surface area contributed by atoms with Crippen molar-refractivity contribution in [2.75, 3.05) is 4.72 Å². The Morgan fingerprint density at radius 2 is 1.54 bits per heavy atom. The third kappa shape index (κ3) is 7.38. The molecular formula is C26H27FN2O5S. The molecule has 0 aliphatic carbocycles. The van der Waals surface area contributed by atoms with Crippen LogP contribution in [0, 0.1) is 5.82 Å². The maximum Gasteiger partial charge on any atom is 0.338 e. The molecule has 0 saturated heterocycles. The van der Waals surface area contributed by atoms with Gasteiger partial charge in [0.2, 0.25) is 0 Å². The predicted molar refractivity (Wildman–Crippen MR) is 131 cm³/mol. The number of esters is 1. The number of rotatable bonds is 10. The van der Waals surface area contributed by atoms with Gasteiger partial charge in [0.1, 0.15) is 5.82 Å². The summed E-state index contributed by atoms with van der Waals surface area (Å²) in [6, 6.07) is 20.1. The van der Waals surface area contributed by atoms with Gasteiger partial charge in [-0.05, 0) is 68.7 Å². The first-order valence-corrected chi connectivity index (χ1v) is 12.6. The molecule has 3 rings (SSSR count). The Morgan fingerprint density at radius 1 is 0.914 bits per heavy atom. The number of amides is 1. The first-order valence-electron chi connectivity index (χ1n) is 11.1. The monoisotopic (exact) mass is 498 g/mol. The van der Waals surface area contributed by atoms with Crippen molar-refractivity contribution in [2.45, 2.75) is 43.7 Å². The lowest BCUT2D eigenvalue weighted by molar-refractivity contribution is -0.129. The maximum atomic E-state index is 13.8. The van der Waals surface area contributed by atoms with E-state index in [4.69, 9.17) is 4.74 Å². The van der Waals surface area contributed by atoms with Crippen molar-refractivity contribution in [1.29, 1.82) is 0 Å². The number of sulfonamides is 1. The van der Waals surface area contributed by atoms with Gasteiger partial charge in [-0.2, -0.15) is 0 Å². The highest BCUT2D eigenvalue weighted by atomic mass is 32.2. The van der Waals surface area contributed by atoms with Gasteiger partial charge in [-0.15, -0.1) is 0 Å². The molecule has 0 spiro atoms. The molecule has 3 aromatic carbocycles. The molecule has 7 nitrogen and oxygen atoms in total. The quantitative estimate of drug-likeness (QED) is 0.406. The normalized spacial score (nSPS) is 12.9. The van der Waals surface area contributed by atoms with Gasteiger partial charge in [-0.1, -0.05) is 42.5 Å². The van der Waals surface area contributed by atoms with Crippen molar-refractivity contribution in [3.8, 4) is 0 Å². The van der Waals surface area contributed by atoms with E-state index in [0.29, 0.717) is 0 Å². The van der Waals surface area contributed by atoms with E-state index in [1.807, 2.05) is 37.3 Å². The van der Waals surface area contributed by atoms with Crippen LogP contribution in [0.4, 0.5) is 10.1 Å². The fraction of sp³-hybridized carbons (Fsp3) is 0.231. The second-order valence-electron chi connectivity index (χ2n) is 8.09. The third-order valence-electron chi connectivity index (χ3n) is 5.27. The Balaban J connectivity index is 1.53. The Hall–Kier alpha value is -3.72. The lowest BCUT2D eigenvalue weighted by atomic mass is 10.1. The number of nitrogens with one attached hydrogen (secondary N) is 2. The van der Waals surface area contributed by atoms with Crippen molar-refractivity contribution in [3.63, 3.8) is 0 Å². The number of anilines is 1. The van der Waals surface area contributed by atoms with Crippen LogP contribution < -0.4 is 10.0 Å². The van der Waals surface area contributed by atoms with E-state index in [9.17, 15) is 22.4 Å². The van der Waals surface area contributed by atoms with E-state index in [0.717, 1.165) is 18.9 Å². The zero-order chi connectivity index (χ0) is 25.4. The summed E-state index contributed by atoms with van der Waals surface area (Å²) in [5.41, 5.74) is 1.06. The molecule has 1 amide bonds. The summed E-state index contributed by atoms with van der Waals surface area (Å²) in [6.45, 7) is 3.35. The van der Waals surface area contributed by atoms with Crippen LogP contribution in [-0.4, -0.2) is 32.4 Å². The van der Waals surface area contributed by atoms with E-state index < -0.39 is 33.8 Å². The number of aryl methyl sites for hydroxylation is 1. The van der Waals surface area contributed by atoms with Crippen LogP contribution in [0.1, 0.15) is 36.2 Å². The molecule has 2 atom stereocenters. The Bertz CT molecular complexity index is 1260. The van der Waals surface area contributed by atoms with Crippen LogP contribution in [0.3, 0.4) is 0 Å². The summed E-state index contributed by atoms with van der Waals surface area (Å²) in [5, 5.41) is 2.83. The number of hydrogen-bond donors (Lipinski definition) is 2. The van der Waals surface area contributed by atoms with Gasteiger partial charge >= 0.3 is 5.97 Å². The van der Waals surface area contributed by atoms with Crippen LogP contribution in [0.15, 0.2) is 83.8 Å². The summed E-state index contributed by atoms with van der Waals surface area (Å²) in [5.74, 6) is -1.90. The Labute approximate surface area is 204 Å². The van der Waals surface area contributed by atoms with Gasteiger partial charge in [-0.3, -0.25) is 9.52 Å². The predicted octanol–water partition coefficient (Wildman–Crippen LogP) is 4.31. The molecule has 35 heavy (non-hydrogen) atoms. The van der Waals surface area contributed by atoms with Gasteiger partial charge in [0.15, 0.2) is 6.10 Å². The lowest BCUT2D eigenvalue weighted by Crippen LogP contribution is -2.41. The van der Waals surface area contributed by atoms with Crippen molar-refractivity contribution >= 4 is 27.6 Å². The largest absolute Gasteiger partial charge is 0.449 e. The molecule has 9 heteroatoms. The molecule has 0 unspecified atom stereocenters. The van der Waals surface area contributed by atoms with Crippen LogP contribution in [-0.2, 0) is 26.0 Å². The van der Waals surface area contributed by atoms with E-state index in [1.165, 1.54) is 55.0 Å². The standard InChI is InChI=1S/C26H27FN2O5S/c1-18(12-13-20-8-4-3-5-9-20)28-25(30)19(2)34-26(31)21-14-16-22(17-15-21)35(32,33)29-24-11-7-6-10-23(24)27/h3-11,14-19,29H,12-13H2,1-2H3,(H,28,30)/t18-,19-/m1/s1. The van der Waals surface area contributed by atoms with E-state index >= 15 is 0 Å². The van der Waals surface area contributed by atoms with Gasteiger partial charge in [-0.25, -0.2) is 17.6 Å². The van der Waals surface area contributed by atoms with Crippen LogP contribution in [0.5, 0.6) is 0 Å². The van der Waals surface area contributed by atoms with Crippen LogP contribution in [0.2, 0.25) is 0 Å². The minimum Gasteiger partial charge on any atom is -0.449 e. The topological polar surface area (TPSA) is 102 Å². The second-order valence-corrected chi connectivity index (χ2v) is 9.77. The summed E-state index contributed by atoms with van der Waals surface area (Å²) in [6.07, 6.45) is 0.498. The second kappa shape index (κ2) is 11.6. The van der Waals surface area contributed by atoms with Crippen LogP contribution in [0.25, 0.3) is 0 Å². The Morgan fingerprint density at radius 3 is 2.20 bits per heavy atom. The third-order valence-corrected chi connectivity index (χ3v) is 6.65. The van der Waals surface area contributed by atoms with Gasteiger partial charge < -0.3 is 10.1 Å². The van der Waals surface area contributed by atoms with Crippen LogP contribution >= 0.6 is 0 Å². The molecule has 0 aliphatic rings. The first kappa shape index (κ1) is 25.9. The van der Waals surface area contributed by atoms with E-state index in [1.54, 1.807) is 0 Å². The van der Waals surface area contributed by atoms with Gasteiger partial charge in [0.25, 0.3) is 15.9 Å². The van der Waals surface area contributed by atoms with Gasteiger partial charge in [0, 0.05) is 6.04 Å². The molecule has 0 radical (unpaired) electrons. The molecule has 184 valence electrons. The number of para-hydroxylation sites is 1. The summed E-state index contributed by atoms with van der Waals surface area (Å²) in [7, 11) is -4.06. The van der Waals surface area contributed by atoms with Crippen molar-refractivity contribution in [1.82, 2.24) is 5.32 Å². The Kier molecular flexibility index (Phi) is 8.59. The zero-order valence-corrected chi connectivity index (χ0v) is 20.2. The first-order chi connectivity index (χ1) is 16.7. The number of ether oxygens (including phenoxy) is 1. The lowest BCUT2D eigenvalue weighted by Gasteiger charge is -2.18. The SMILES string of the molecule is C[C@H](CCc1ccccc1)NC(=O)[C@@H](C)OC(=O)c1ccc(S(=O)(=O)Nc2ccccc2F)cc1. The fourth-order valence-electron chi connectivity index (χ4n) is 3.26. The molecule has 0 aromatic heterocycles. The smallest absolute Gasteiger partial charge is 0.338 e. The number of halogens is 1. The van der Waals surface area contributed by atoms with Gasteiger partial charge in [0.05, 0.1) is 16.1 Å². The molecule has 2 N–H and O–H groups in total. The average Bonchev–Trinajstić information content (AvgIpc) is 2.84. The number of benzene rings is 3. The number of hydrogen-bond acceptors (Lipinski definition) is 5. The van der Waals surface area contributed by atoms with E-state index in [-0.39, 0.29) is 22.2 Å². The zero-order valence-electron chi connectivity index (χ0n) is 19.4. The molecule has 3 aromatic rings. The molecular weight excluding hydrogens is 471 g/mol. The molecule has 0 bridgehead atoms. The number of carbonyl (C=O) groups excluding carboxylic acids is 2. The van der Waals surface area contributed by atoms with Crippen molar-refractivity contribution in [3.05, 3.63) is 95.8 Å². The maximum absolute atomic E-state index is 13.8. The minimum absolute atomic E-state index is 0.0756. The summed E-state index contributed by atoms with van der Waals surface area (Å²) < 4.78 is 46.2. The van der Waals surface area contributed by atoms with Crippen molar-refractivity contribution < 1.29 is 27.1 Å². The molecule has 0 fully saturated rings.